The van der Waals surface area contributed by atoms with Gasteiger partial charge in [0.05, 0.1) is 4.92 Å². The van der Waals surface area contributed by atoms with Crippen LogP contribution in [0.5, 0.6) is 0 Å². The first-order valence-corrected chi connectivity index (χ1v) is 9.76. The van der Waals surface area contributed by atoms with Crippen LogP contribution in [0.4, 0.5) is 15.3 Å². The number of amides is 3. The molecule has 11 nitrogen and oxygen atoms in total. The number of rotatable bonds is 10. The van der Waals surface area contributed by atoms with Crippen LogP contribution < -0.4 is 16.4 Å². The Kier molecular flexibility index (Phi) is 9.60. The highest BCUT2D eigenvalue weighted by atomic mass is 16.6. The molecule has 0 bridgehead atoms. The molecule has 3 amide bonds. The summed E-state index contributed by atoms with van der Waals surface area (Å²) < 4.78 is 10.0. The van der Waals surface area contributed by atoms with E-state index in [1.165, 1.54) is 24.3 Å². The number of nitro groups is 1. The molecule has 0 fully saturated rings. The summed E-state index contributed by atoms with van der Waals surface area (Å²) in [6.07, 6.45) is -0.254. The van der Waals surface area contributed by atoms with Crippen molar-refractivity contribution in [2.75, 3.05) is 6.54 Å². The van der Waals surface area contributed by atoms with Gasteiger partial charge in [0.15, 0.2) is 0 Å². The van der Waals surface area contributed by atoms with E-state index in [0.29, 0.717) is 12.0 Å². The molecular formula is C21H24N4O7. The zero-order chi connectivity index (χ0) is 23.3. The van der Waals surface area contributed by atoms with E-state index in [1.54, 1.807) is 24.3 Å². The highest BCUT2D eigenvalue weighted by Crippen LogP contribution is 2.13. The Morgan fingerprint density at radius 3 is 2.25 bits per heavy atom. The molecule has 0 spiro atoms. The maximum Gasteiger partial charge on any atom is 0.415 e. The number of alkyl carbamates (subject to hydrolysis) is 1. The van der Waals surface area contributed by atoms with E-state index in [4.69, 9.17) is 15.2 Å². The smallest absolute Gasteiger partial charge is 0.415 e. The Hall–Kier alpha value is -3.99. The van der Waals surface area contributed by atoms with Gasteiger partial charge in [0.1, 0.15) is 19.3 Å². The molecule has 2 aromatic carbocycles. The van der Waals surface area contributed by atoms with Crippen LogP contribution in [0.25, 0.3) is 0 Å². The quantitative estimate of drug-likeness (QED) is 0.218. The summed E-state index contributed by atoms with van der Waals surface area (Å²) in [5.41, 5.74) is 7.09. The van der Waals surface area contributed by atoms with Crippen molar-refractivity contribution in [1.82, 2.24) is 10.6 Å². The van der Waals surface area contributed by atoms with Gasteiger partial charge >= 0.3 is 18.1 Å². The van der Waals surface area contributed by atoms with Crippen LogP contribution in [0.3, 0.4) is 0 Å². The lowest BCUT2D eigenvalue weighted by atomic mass is 10.1. The van der Waals surface area contributed by atoms with Crippen LogP contribution in [0.2, 0.25) is 0 Å². The summed E-state index contributed by atoms with van der Waals surface area (Å²) in [7, 11) is 0. The molecule has 2 rings (SSSR count). The Morgan fingerprint density at radius 2 is 1.59 bits per heavy atom. The first-order chi connectivity index (χ1) is 15.3. The average Bonchev–Trinajstić information content (AvgIpc) is 2.79. The van der Waals surface area contributed by atoms with E-state index in [0.717, 1.165) is 5.56 Å². The van der Waals surface area contributed by atoms with Gasteiger partial charge < -0.3 is 20.5 Å². The highest BCUT2D eigenvalue weighted by Gasteiger charge is 2.16. The number of carbonyl (C=O) groups excluding carboxylic acids is 3. The number of nitrogens with one attached hydrogen (secondary N) is 2. The van der Waals surface area contributed by atoms with E-state index >= 15 is 0 Å². The number of nitro benzene ring substituents is 1. The molecule has 0 heterocycles. The summed E-state index contributed by atoms with van der Waals surface area (Å²) in [5.74, 6) is -0.628. The second-order valence-corrected chi connectivity index (χ2v) is 6.72. The number of urea groups is 1. The summed E-state index contributed by atoms with van der Waals surface area (Å²) in [6.45, 7) is 0.161. The Morgan fingerprint density at radius 1 is 0.969 bits per heavy atom. The van der Waals surface area contributed by atoms with Gasteiger partial charge in [0.2, 0.25) is 0 Å². The van der Waals surface area contributed by atoms with Crippen molar-refractivity contribution in [2.45, 2.75) is 32.1 Å². The van der Waals surface area contributed by atoms with Crippen molar-refractivity contribution < 1.29 is 28.8 Å². The lowest BCUT2D eigenvalue weighted by Gasteiger charge is -2.12. The number of nitrogens with zero attached hydrogens (tertiary/aromatic N) is 1. The van der Waals surface area contributed by atoms with E-state index in [2.05, 4.69) is 5.32 Å². The second kappa shape index (κ2) is 12.6. The molecule has 32 heavy (non-hydrogen) atoms. The van der Waals surface area contributed by atoms with Crippen LogP contribution in [-0.4, -0.2) is 35.6 Å². The van der Waals surface area contributed by atoms with Crippen molar-refractivity contribution in [3.63, 3.8) is 0 Å². The minimum absolute atomic E-state index is 0.0385. The number of hydrogen-bond acceptors (Lipinski definition) is 8. The number of carbonyl (C=O) groups is 3. The Labute approximate surface area is 184 Å². The fourth-order valence-corrected chi connectivity index (χ4v) is 2.51. The molecule has 0 aliphatic rings. The topological polar surface area (TPSA) is 163 Å². The molecule has 0 aromatic heterocycles. The van der Waals surface area contributed by atoms with Gasteiger partial charge in [-0.1, -0.05) is 30.3 Å². The maximum atomic E-state index is 11.9. The Bertz CT molecular complexity index is 920. The molecule has 2 aromatic rings. The molecule has 0 aliphatic carbocycles. The molecule has 0 radical (unpaired) electrons. The number of esters is 1. The number of nitrogens with two attached hydrogens (primary N) is 1. The SMILES string of the molecule is N[C@@H](CCCNC(=O)NC(=O)OCc1ccccc1)C(=O)OCc1ccc([N+](=O)[O-])cc1. The van der Waals surface area contributed by atoms with E-state index < -0.39 is 29.1 Å². The van der Waals surface area contributed by atoms with Crippen molar-refractivity contribution in [3.8, 4) is 0 Å². The fourth-order valence-electron chi connectivity index (χ4n) is 2.51. The average molecular weight is 444 g/mol. The van der Waals surface area contributed by atoms with E-state index in [1.807, 2.05) is 11.4 Å². The molecule has 11 heteroatoms. The lowest BCUT2D eigenvalue weighted by molar-refractivity contribution is -0.384. The molecule has 0 unspecified atom stereocenters. The third-order valence-electron chi connectivity index (χ3n) is 4.24. The van der Waals surface area contributed by atoms with Gasteiger partial charge in [-0.15, -0.1) is 0 Å². The summed E-state index contributed by atoms with van der Waals surface area (Å²) in [5, 5.41) is 15.1. The number of benzene rings is 2. The van der Waals surface area contributed by atoms with Crippen LogP contribution in [-0.2, 0) is 27.5 Å². The summed E-state index contributed by atoms with van der Waals surface area (Å²) >= 11 is 0. The largest absolute Gasteiger partial charge is 0.460 e. The van der Waals surface area contributed by atoms with Crippen LogP contribution in [0.15, 0.2) is 54.6 Å². The Balaban J connectivity index is 1.57. The zero-order valence-corrected chi connectivity index (χ0v) is 17.2. The van der Waals surface area contributed by atoms with Crippen LogP contribution >= 0.6 is 0 Å². The molecule has 170 valence electrons. The molecule has 4 N–H and O–H groups in total. The van der Waals surface area contributed by atoms with Crippen LogP contribution in [0.1, 0.15) is 24.0 Å². The van der Waals surface area contributed by atoms with Crippen molar-refractivity contribution >= 4 is 23.8 Å². The van der Waals surface area contributed by atoms with E-state index in [9.17, 15) is 24.5 Å². The van der Waals surface area contributed by atoms with Crippen molar-refractivity contribution in [1.29, 1.82) is 0 Å². The number of non-ortho nitro benzene ring substituents is 1. The van der Waals surface area contributed by atoms with Crippen molar-refractivity contribution in [3.05, 3.63) is 75.8 Å². The number of imide groups is 1. The van der Waals surface area contributed by atoms with Gasteiger partial charge in [-0.05, 0) is 36.1 Å². The zero-order valence-electron chi connectivity index (χ0n) is 17.2. The standard InChI is InChI=1S/C21H24N4O7/c22-18(19(26)31-13-16-8-10-17(11-9-16)25(29)30)7-4-12-23-20(27)24-21(28)32-14-15-5-2-1-3-6-15/h1-3,5-6,8-11,18H,4,7,12-14,22H2,(H2,23,24,27,28)/t18-/m0/s1. The fraction of sp³-hybridized carbons (Fsp3) is 0.286. The molecule has 0 aliphatic heterocycles. The third-order valence-corrected chi connectivity index (χ3v) is 4.24. The predicted octanol–water partition coefficient (Wildman–Crippen LogP) is 2.38. The number of ether oxygens (including phenoxy) is 2. The lowest BCUT2D eigenvalue weighted by Crippen LogP contribution is -2.40. The molecule has 0 saturated carbocycles. The highest BCUT2D eigenvalue weighted by molar-refractivity contribution is 5.90. The predicted molar refractivity (Wildman–Crippen MR) is 113 cm³/mol. The van der Waals surface area contributed by atoms with Gasteiger partial charge in [-0.25, -0.2) is 14.9 Å². The van der Waals surface area contributed by atoms with Gasteiger partial charge in [0, 0.05) is 18.7 Å². The normalized spacial score (nSPS) is 11.2. The minimum Gasteiger partial charge on any atom is -0.460 e. The number of hydrogen-bond donors (Lipinski definition) is 3. The van der Waals surface area contributed by atoms with E-state index in [-0.39, 0.29) is 31.9 Å². The first kappa shape index (κ1) is 24.3. The van der Waals surface area contributed by atoms with Crippen LogP contribution in [0, 0.1) is 10.1 Å². The third kappa shape index (κ3) is 8.79. The summed E-state index contributed by atoms with van der Waals surface area (Å²) in [4.78, 5) is 45.3. The molecule has 0 saturated heterocycles. The molecular weight excluding hydrogens is 420 g/mol. The first-order valence-electron chi connectivity index (χ1n) is 9.76. The molecule has 1 atom stereocenters. The minimum atomic E-state index is -0.895. The van der Waals surface area contributed by atoms with Gasteiger partial charge in [-0.3, -0.25) is 14.9 Å². The van der Waals surface area contributed by atoms with Gasteiger partial charge in [0.25, 0.3) is 5.69 Å². The summed E-state index contributed by atoms with van der Waals surface area (Å²) in [6, 6.07) is 13.0. The maximum absolute atomic E-state index is 11.9. The monoisotopic (exact) mass is 444 g/mol. The van der Waals surface area contributed by atoms with Gasteiger partial charge in [-0.2, -0.15) is 0 Å². The van der Waals surface area contributed by atoms with Crippen molar-refractivity contribution in [2.24, 2.45) is 5.73 Å². The second-order valence-electron chi connectivity index (χ2n) is 6.72.